The molecule has 0 aromatic rings. The van der Waals surface area contributed by atoms with Crippen LogP contribution < -0.4 is 0 Å². The molecule has 0 radical (unpaired) electrons. The molecule has 4 nitrogen and oxygen atoms in total. The summed E-state index contributed by atoms with van der Waals surface area (Å²) in [6.07, 6.45) is 12.0. The normalized spacial score (nSPS) is 18.4. The van der Waals surface area contributed by atoms with Gasteiger partial charge in [0.2, 0.25) is 6.29 Å². The minimum atomic E-state index is -0.618. The van der Waals surface area contributed by atoms with Crippen LogP contribution in [0.25, 0.3) is 0 Å². The van der Waals surface area contributed by atoms with Gasteiger partial charge in [0.25, 0.3) is 0 Å². The molecule has 1 fully saturated rings. The fourth-order valence-corrected chi connectivity index (χ4v) is 2.20. The first-order valence-corrected chi connectivity index (χ1v) is 7.78. The first-order valence-electron chi connectivity index (χ1n) is 7.78. The van der Waals surface area contributed by atoms with Crippen LogP contribution in [0, 0.1) is 0 Å². The Morgan fingerprint density at radius 3 is 2.11 bits per heavy atom. The summed E-state index contributed by atoms with van der Waals surface area (Å²) in [4.78, 5) is 10.6. The summed E-state index contributed by atoms with van der Waals surface area (Å²) < 4.78 is 14.8. The maximum absolute atomic E-state index is 10.6. The molecule has 1 unspecified atom stereocenters. The first kappa shape index (κ1) is 16.3. The lowest BCUT2D eigenvalue weighted by molar-refractivity contribution is -0.0780. The van der Waals surface area contributed by atoms with E-state index in [1.54, 1.807) is 0 Å². The van der Waals surface area contributed by atoms with Gasteiger partial charge in [0.05, 0.1) is 6.61 Å². The maximum atomic E-state index is 10.6. The lowest BCUT2D eigenvalue weighted by Crippen LogP contribution is -2.15. The SMILES string of the molecule is CCCCCCCCCCCCOC1COC(=O)O1. The molecule has 0 saturated carbocycles. The Morgan fingerprint density at radius 1 is 1.00 bits per heavy atom. The van der Waals surface area contributed by atoms with E-state index in [-0.39, 0.29) is 6.61 Å². The third kappa shape index (κ3) is 8.87. The molecule has 0 spiro atoms. The Kier molecular flexibility index (Phi) is 9.51. The Morgan fingerprint density at radius 2 is 1.58 bits per heavy atom. The zero-order valence-electron chi connectivity index (χ0n) is 12.2. The van der Waals surface area contributed by atoms with Crippen LogP contribution >= 0.6 is 0 Å². The summed E-state index contributed by atoms with van der Waals surface area (Å²) in [5.74, 6) is 0. The number of carbonyl (C=O) groups is 1. The van der Waals surface area contributed by atoms with E-state index in [4.69, 9.17) is 9.47 Å². The van der Waals surface area contributed by atoms with Crippen LogP contribution in [-0.2, 0) is 14.2 Å². The van der Waals surface area contributed by atoms with E-state index in [0.29, 0.717) is 6.61 Å². The molecule has 0 bridgehead atoms. The molecule has 1 aliphatic heterocycles. The summed E-state index contributed by atoms with van der Waals surface area (Å²) >= 11 is 0. The van der Waals surface area contributed by atoms with Gasteiger partial charge in [-0.15, -0.1) is 0 Å². The van der Waals surface area contributed by atoms with Gasteiger partial charge in [-0.05, 0) is 6.42 Å². The van der Waals surface area contributed by atoms with Crippen LogP contribution in [-0.4, -0.2) is 25.7 Å². The highest BCUT2D eigenvalue weighted by atomic mass is 16.8. The molecule has 112 valence electrons. The average Bonchev–Trinajstić information content (AvgIpc) is 2.82. The predicted molar refractivity (Wildman–Crippen MR) is 74.0 cm³/mol. The third-order valence-corrected chi connectivity index (χ3v) is 3.37. The van der Waals surface area contributed by atoms with Crippen molar-refractivity contribution >= 4 is 6.16 Å². The van der Waals surface area contributed by atoms with Crippen molar-refractivity contribution in [1.29, 1.82) is 0 Å². The van der Waals surface area contributed by atoms with E-state index in [9.17, 15) is 4.79 Å². The van der Waals surface area contributed by atoms with E-state index in [1.165, 1.54) is 57.8 Å². The molecule has 0 aromatic carbocycles. The molecule has 1 saturated heterocycles. The topological polar surface area (TPSA) is 44.8 Å². The Labute approximate surface area is 116 Å². The maximum Gasteiger partial charge on any atom is 0.510 e. The molecular formula is C15H28O4. The lowest BCUT2D eigenvalue weighted by Gasteiger charge is -2.07. The molecular weight excluding hydrogens is 244 g/mol. The number of rotatable bonds is 12. The molecule has 1 atom stereocenters. The molecule has 19 heavy (non-hydrogen) atoms. The molecule has 1 aliphatic rings. The average molecular weight is 272 g/mol. The highest BCUT2D eigenvalue weighted by Gasteiger charge is 2.24. The number of carbonyl (C=O) groups excluding carboxylic acids is 1. The molecule has 0 aromatic heterocycles. The van der Waals surface area contributed by atoms with Gasteiger partial charge in [-0.3, -0.25) is 0 Å². The highest BCUT2D eigenvalue weighted by molar-refractivity contribution is 5.61. The predicted octanol–water partition coefficient (Wildman–Crippen LogP) is 4.42. The minimum Gasteiger partial charge on any atom is -0.428 e. The van der Waals surface area contributed by atoms with Crippen molar-refractivity contribution in [1.82, 2.24) is 0 Å². The zero-order chi connectivity index (χ0) is 13.8. The number of cyclic esters (lactones) is 2. The summed E-state index contributed by atoms with van der Waals surface area (Å²) in [6.45, 7) is 3.13. The van der Waals surface area contributed by atoms with Gasteiger partial charge in [-0.25, -0.2) is 4.79 Å². The van der Waals surface area contributed by atoms with Crippen molar-refractivity contribution in [2.24, 2.45) is 0 Å². The zero-order valence-corrected chi connectivity index (χ0v) is 12.2. The van der Waals surface area contributed by atoms with Gasteiger partial charge >= 0.3 is 6.16 Å². The van der Waals surface area contributed by atoms with Gasteiger partial charge in [-0.1, -0.05) is 64.7 Å². The van der Waals surface area contributed by atoms with E-state index in [2.05, 4.69) is 11.7 Å². The van der Waals surface area contributed by atoms with Gasteiger partial charge in [-0.2, -0.15) is 0 Å². The second-order valence-electron chi connectivity index (χ2n) is 5.16. The highest BCUT2D eigenvalue weighted by Crippen LogP contribution is 2.12. The van der Waals surface area contributed by atoms with Crippen LogP contribution in [0.3, 0.4) is 0 Å². The first-order chi connectivity index (χ1) is 9.33. The molecule has 0 aliphatic carbocycles. The standard InChI is InChI=1S/C15H28O4/c1-2-3-4-5-6-7-8-9-10-11-12-17-14-13-18-15(16)19-14/h14H,2-13H2,1H3. The van der Waals surface area contributed by atoms with Crippen molar-refractivity contribution in [3.63, 3.8) is 0 Å². The lowest BCUT2D eigenvalue weighted by atomic mass is 10.1. The van der Waals surface area contributed by atoms with Gasteiger partial charge in [0.15, 0.2) is 6.61 Å². The van der Waals surface area contributed by atoms with E-state index < -0.39 is 12.4 Å². The van der Waals surface area contributed by atoms with Crippen LogP contribution in [0.5, 0.6) is 0 Å². The third-order valence-electron chi connectivity index (χ3n) is 3.37. The molecule has 1 heterocycles. The summed E-state index contributed by atoms with van der Waals surface area (Å²) in [6, 6.07) is 0. The fourth-order valence-electron chi connectivity index (χ4n) is 2.20. The summed E-state index contributed by atoms with van der Waals surface area (Å²) in [7, 11) is 0. The van der Waals surface area contributed by atoms with Crippen LogP contribution in [0.4, 0.5) is 4.79 Å². The second kappa shape index (κ2) is 11.1. The van der Waals surface area contributed by atoms with Crippen molar-refractivity contribution < 1.29 is 19.0 Å². The van der Waals surface area contributed by atoms with E-state index in [1.807, 2.05) is 0 Å². The van der Waals surface area contributed by atoms with Gasteiger partial charge in [0.1, 0.15) is 0 Å². The van der Waals surface area contributed by atoms with Crippen molar-refractivity contribution in [3.8, 4) is 0 Å². The molecule has 0 amide bonds. The quantitative estimate of drug-likeness (QED) is 0.390. The molecule has 4 heteroatoms. The second-order valence-corrected chi connectivity index (χ2v) is 5.16. The van der Waals surface area contributed by atoms with Crippen molar-refractivity contribution in [2.45, 2.75) is 77.4 Å². The van der Waals surface area contributed by atoms with Gasteiger partial charge < -0.3 is 14.2 Å². The number of unbranched alkanes of at least 4 members (excludes halogenated alkanes) is 9. The smallest absolute Gasteiger partial charge is 0.428 e. The van der Waals surface area contributed by atoms with Crippen LogP contribution in [0.15, 0.2) is 0 Å². The number of ether oxygens (including phenoxy) is 3. The Balaban J connectivity index is 1.73. The number of hydrogen-bond donors (Lipinski definition) is 0. The van der Waals surface area contributed by atoms with E-state index in [0.717, 1.165) is 6.42 Å². The minimum absolute atomic E-state index is 0.233. The fraction of sp³-hybridized carbons (Fsp3) is 0.933. The Bertz CT molecular complexity index is 230. The summed E-state index contributed by atoms with van der Waals surface area (Å²) in [5, 5.41) is 0. The summed E-state index contributed by atoms with van der Waals surface area (Å²) in [5.41, 5.74) is 0. The Hall–Kier alpha value is -0.770. The molecule has 0 N–H and O–H groups in total. The van der Waals surface area contributed by atoms with Gasteiger partial charge in [0, 0.05) is 0 Å². The molecule has 1 rings (SSSR count). The number of hydrogen-bond acceptors (Lipinski definition) is 4. The largest absolute Gasteiger partial charge is 0.510 e. The van der Waals surface area contributed by atoms with Crippen molar-refractivity contribution in [2.75, 3.05) is 13.2 Å². The van der Waals surface area contributed by atoms with Crippen LogP contribution in [0.1, 0.15) is 71.1 Å². The van der Waals surface area contributed by atoms with Crippen LogP contribution in [0.2, 0.25) is 0 Å². The van der Waals surface area contributed by atoms with Crippen molar-refractivity contribution in [3.05, 3.63) is 0 Å². The monoisotopic (exact) mass is 272 g/mol. The van der Waals surface area contributed by atoms with E-state index >= 15 is 0 Å².